The first kappa shape index (κ1) is 15.0. The number of amides is 2. The van der Waals surface area contributed by atoms with Gasteiger partial charge in [0.15, 0.2) is 0 Å². The molecule has 112 valence electrons. The molecule has 21 heavy (non-hydrogen) atoms. The Bertz CT molecular complexity index is 556. The fourth-order valence-corrected chi connectivity index (χ4v) is 1.88. The molecule has 0 bridgehead atoms. The van der Waals surface area contributed by atoms with Gasteiger partial charge in [0, 0.05) is 20.2 Å². The molecule has 0 radical (unpaired) electrons. The fraction of sp³-hybridized carbons (Fsp3) is 0.357. The lowest BCUT2D eigenvalue weighted by Gasteiger charge is -2.11. The van der Waals surface area contributed by atoms with Gasteiger partial charge in [0.2, 0.25) is 0 Å². The van der Waals surface area contributed by atoms with E-state index in [1.807, 2.05) is 24.3 Å². The van der Waals surface area contributed by atoms with Crippen LogP contribution in [-0.2, 0) is 17.8 Å². The number of urea groups is 1. The maximum atomic E-state index is 11.6. The molecule has 0 saturated heterocycles. The molecule has 1 heterocycles. The molecule has 0 fully saturated rings. The van der Waals surface area contributed by atoms with E-state index in [0.717, 1.165) is 11.1 Å². The first-order valence-electron chi connectivity index (χ1n) is 6.69. The summed E-state index contributed by atoms with van der Waals surface area (Å²) >= 11 is 0. The molecule has 0 atom stereocenters. The van der Waals surface area contributed by atoms with Crippen molar-refractivity contribution in [3.63, 3.8) is 0 Å². The van der Waals surface area contributed by atoms with Crippen LogP contribution in [0.2, 0.25) is 0 Å². The van der Waals surface area contributed by atoms with Crippen LogP contribution < -0.4 is 10.6 Å². The number of hydrogen-bond donors (Lipinski definition) is 2. The largest absolute Gasteiger partial charge is 0.383 e. The Morgan fingerprint density at radius 2 is 2.10 bits per heavy atom. The van der Waals surface area contributed by atoms with Crippen molar-refractivity contribution in [3.05, 3.63) is 48.0 Å². The zero-order chi connectivity index (χ0) is 14.9. The molecule has 0 aliphatic rings. The summed E-state index contributed by atoms with van der Waals surface area (Å²) in [6.07, 6.45) is 3.17. The zero-order valence-electron chi connectivity index (χ0n) is 12.0. The van der Waals surface area contributed by atoms with Gasteiger partial charge in [0.1, 0.15) is 12.7 Å². The zero-order valence-corrected chi connectivity index (χ0v) is 12.0. The monoisotopic (exact) mass is 289 g/mol. The third-order valence-corrected chi connectivity index (χ3v) is 2.95. The topological polar surface area (TPSA) is 81.1 Å². The van der Waals surface area contributed by atoms with Crippen molar-refractivity contribution in [1.29, 1.82) is 0 Å². The Morgan fingerprint density at radius 1 is 1.29 bits per heavy atom. The lowest BCUT2D eigenvalue weighted by Crippen LogP contribution is -2.37. The van der Waals surface area contributed by atoms with Crippen LogP contribution in [0.15, 0.2) is 36.9 Å². The summed E-state index contributed by atoms with van der Waals surface area (Å²) in [6.45, 7) is 2.08. The number of methoxy groups -OCH3 is 1. The number of carbonyl (C=O) groups is 1. The fourth-order valence-electron chi connectivity index (χ4n) is 1.88. The first-order valence-corrected chi connectivity index (χ1v) is 6.69. The highest BCUT2D eigenvalue weighted by Gasteiger charge is 2.05. The normalized spacial score (nSPS) is 10.3. The van der Waals surface area contributed by atoms with Crippen molar-refractivity contribution in [1.82, 2.24) is 25.4 Å². The molecule has 7 heteroatoms. The summed E-state index contributed by atoms with van der Waals surface area (Å²) in [7, 11) is 1.60. The van der Waals surface area contributed by atoms with Crippen molar-refractivity contribution >= 4 is 6.03 Å². The van der Waals surface area contributed by atoms with Crippen LogP contribution in [0.5, 0.6) is 0 Å². The van der Waals surface area contributed by atoms with Crippen molar-refractivity contribution in [2.45, 2.75) is 13.1 Å². The van der Waals surface area contributed by atoms with Gasteiger partial charge in [-0.25, -0.2) is 14.5 Å². The van der Waals surface area contributed by atoms with E-state index >= 15 is 0 Å². The van der Waals surface area contributed by atoms with Gasteiger partial charge in [-0.2, -0.15) is 5.10 Å². The van der Waals surface area contributed by atoms with Crippen LogP contribution in [0, 0.1) is 0 Å². The average Bonchev–Trinajstić information content (AvgIpc) is 3.00. The maximum Gasteiger partial charge on any atom is 0.315 e. The molecule has 0 spiro atoms. The molecule has 1 aromatic carbocycles. The minimum Gasteiger partial charge on any atom is -0.383 e. The van der Waals surface area contributed by atoms with Gasteiger partial charge in [0.05, 0.1) is 13.2 Å². The number of ether oxygens (including phenoxy) is 1. The Morgan fingerprint density at radius 3 is 2.81 bits per heavy atom. The summed E-state index contributed by atoms with van der Waals surface area (Å²) in [6, 6.07) is 7.71. The van der Waals surface area contributed by atoms with Gasteiger partial charge in [-0.05, 0) is 11.1 Å². The molecule has 0 aliphatic heterocycles. The molecule has 7 nitrogen and oxygen atoms in total. The van der Waals surface area contributed by atoms with Gasteiger partial charge in [0.25, 0.3) is 0 Å². The first-order chi connectivity index (χ1) is 10.3. The van der Waals surface area contributed by atoms with Crippen LogP contribution in [0.3, 0.4) is 0 Å². The molecular weight excluding hydrogens is 270 g/mol. The number of aromatic nitrogens is 3. The third kappa shape index (κ3) is 4.88. The summed E-state index contributed by atoms with van der Waals surface area (Å²) in [5.41, 5.74) is 2.15. The Balaban J connectivity index is 1.89. The van der Waals surface area contributed by atoms with E-state index in [0.29, 0.717) is 26.2 Å². The van der Waals surface area contributed by atoms with Gasteiger partial charge >= 0.3 is 6.03 Å². The molecule has 2 aromatic rings. The van der Waals surface area contributed by atoms with Gasteiger partial charge in [-0.3, -0.25) is 0 Å². The van der Waals surface area contributed by atoms with E-state index in [4.69, 9.17) is 4.74 Å². The summed E-state index contributed by atoms with van der Waals surface area (Å²) in [5, 5.41) is 9.63. The summed E-state index contributed by atoms with van der Waals surface area (Å²) in [5.74, 6) is 0. The molecule has 0 aliphatic carbocycles. The van der Waals surface area contributed by atoms with E-state index in [1.165, 1.54) is 6.33 Å². The molecule has 0 unspecified atom stereocenters. The summed E-state index contributed by atoms with van der Waals surface area (Å²) < 4.78 is 6.62. The van der Waals surface area contributed by atoms with Crippen LogP contribution in [0.1, 0.15) is 11.1 Å². The molecule has 0 saturated carbocycles. The maximum absolute atomic E-state index is 11.6. The van der Waals surface area contributed by atoms with E-state index in [2.05, 4.69) is 20.7 Å². The van der Waals surface area contributed by atoms with Crippen molar-refractivity contribution in [2.75, 3.05) is 20.3 Å². The minimum atomic E-state index is -0.206. The molecule has 2 amide bonds. The molecule has 1 aromatic heterocycles. The number of hydrogen-bond acceptors (Lipinski definition) is 4. The number of rotatable bonds is 7. The van der Waals surface area contributed by atoms with Crippen LogP contribution in [-0.4, -0.2) is 41.1 Å². The predicted octanol–water partition coefficient (Wildman–Crippen LogP) is 0.772. The Labute approximate surface area is 123 Å². The highest BCUT2D eigenvalue weighted by molar-refractivity contribution is 5.73. The molecule has 2 N–H and O–H groups in total. The SMILES string of the molecule is COCCNC(=O)NCc1ccccc1Cn1cncn1. The number of benzene rings is 1. The van der Waals surface area contributed by atoms with Crippen LogP contribution in [0.25, 0.3) is 0 Å². The lowest BCUT2D eigenvalue weighted by atomic mass is 10.1. The van der Waals surface area contributed by atoms with Crippen molar-refractivity contribution in [2.24, 2.45) is 0 Å². The van der Waals surface area contributed by atoms with Gasteiger partial charge in [-0.15, -0.1) is 0 Å². The van der Waals surface area contributed by atoms with Crippen molar-refractivity contribution < 1.29 is 9.53 Å². The van der Waals surface area contributed by atoms with E-state index in [-0.39, 0.29) is 6.03 Å². The van der Waals surface area contributed by atoms with Gasteiger partial charge in [-0.1, -0.05) is 24.3 Å². The smallest absolute Gasteiger partial charge is 0.315 e. The average molecular weight is 289 g/mol. The lowest BCUT2D eigenvalue weighted by molar-refractivity contribution is 0.196. The van der Waals surface area contributed by atoms with Crippen molar-refractivity contribution in [3.8, 4) is 0 Å². The van der Waals surface area contributed by atoms with Crippen LogP contribution >= 0.6 is 0 Å². The Kier molecular flexibility index (Phi) is 5.71. The van der Waals surface area contributed by atoms with Gasteiger partial charge < -0.3 is 15.4 Å². The summed E-state index contributed by atoms with van der Waals surface area (Å²) in [4.78, 5) is 15.5. The standard InChI is InChI=1S/C14H19N5O2/c1-21-7-6-16-14(20)17-8-12-4-2-3-5-13(12)9-19-11-15-10-18-19/h2-5,10-11H,6-9H2,1H3,(H2,16,17,20). The van der Waals surface area contributed by atoms with Crippen LogP contribution in [0.4, 0.5) is 4.79 Å². The minimum absolute atomic E-state index is 0.206. The number of nitrogens with zero attached hydrogens (tertiary/aromatic N) is 3. The number of carbonyl (C=O) groups excluding carboxylic acids is 1. The van der Waals surface area contributed by atoms with E-state index in [9.17, 15) is 4.79 Å². The number of nitrogens with one attached hydrogen (secondary N) is 2. The second kappa shape index (κ2) is 8.01. The molecule has 2 rings (SSSR count). The third-order valence-electron chi connectivity index (χ3n) is 2.95. The highest BCUT2D eigenvalue weighted by atomic mass is 16.5. The predicted molar refractivity (Wildman–Crippen MR) is 77.7 cm³/mol. The molecular formula is C14H19N5O2. The highest BCUT2D eigenvalue weighted by Crippen LogP contribution is 2.09. The second-order valence-corrected chi connectivity index (χ2v) is 4.46. The van der Waals surface area contributed by atoms with E-state index in [1.54, 1.807) is 18.1 Å². The quantitative estimate of drug-likeness (QED) is 0.738. The second-order valence-electron chi connectivity index (χ2n) is 4.46. The van der Waals surface area contributed by atoms with E-state index < -0.39 is 0 Å². The Hall–Kier alpha value is -2.41.